The second-order valence-electron chi connectivity index (χ2n) is 4.56. The molecule has 0 atom stereocenters. The number of hydrogen-bond donors (Lipinski definition) is 1. The highest BCUT2D eigenvalue weighted by molar-refractivity contribution is 5.77. The Morgan fingerprint density at radius 3 is 2.81 bits per heavy atom. The van der Waals surface area contributed by atoms with Gasteiger partial charge in [0.25, 0.3) is 0 Å². The van der Waals surface area contributed by atoms with Crippen LogP contribution in [0.25, 0.3) is 0 Å². The Bertz CT molecular complexity index is 532. The second-order valence-corrected chi connectivity index (χ2v) is 4.56. The van der Waals surface area contributed by atoms with Gasteiger partial charge in [0.1, 0.15) is 5.69 Å². The van der Waals surface area contributed by atoms with Crippen LogP contribution in [-0.2, 0) is 9.53 Å². The van der Waals surface area contributed by atoms with E-state index in [9.17, 15) is 19.3 Å². The lowest BCUT2D eigenvalue weighted by Gasteiger charge is -2.26. The zero-order chi connectivity index (χ0) is 15.2. The van der Waals surface area contributed by atoms with E-state index in [1.807, 2.05) is 0 Å². The molecule has 1 aliphatic heterocycles. The van der Waals surface area contributed by atoms with Crippen molar-refractivity contribution in [2.45, 2.75) is 6.42 Å². The van der Waals surface area contributed by atoms with Gasteiger partial charge in [-0.3, -0.25) is 14.9 Å². The molecule has 0 bridgehead atoms. The number of nitrogens with one attached hydrogen (secondary N) is 1. The van der Waals surface area contributed by atoms with E-state index in [0.29, 0.717) is 26.3 Å². The van der Waals surface area contributed by atoms with Crippen LogP contribution in [0.3, 0.4) is 0 Å². The topological polar surface area (TPSA) is 84.7 Å². The Labute approximate surface area is 120 Å². The third kappa shape index (κ3) is 3.88. The van der Waals surface area contributed by atoms with Gasteiger partial charge in [-0.1, -0.05) is 6.07 Å². The minimum Gasteiger partial charge on any atom is -0.379 e. The third-order valence-corrected chi connectivity index (χ3v) is 3.19. The molecule has 1 aromatic rings. The molecular formula is C13H16FN3O4. The lowest BCUT2D eigenvalue weighted by molar-refractivity contribution is -0.386. The van der Waals surface area contributed by atoms with Crippen LogP contribution in [-0.4, -0.2) is 48.6 Å². The van der Waals surface area contributed by atoms with E-state index in [1.54, 1.807) is 4.90 Å². The zero-order valence-electron chi connectivity index (χ0n) is 11.4. The number of halogens is 1. The first-order valence-electron chi connectivity index (χ1n) is 6.62. The van der Waals surface area contributed by atoms with Crippen LogP contribution in [0.1, 0.15) is 6.42 Å². The summed E-state index contributed by atoms with van der Waals surface area (Å²) >= 11 is 0. The van der Waals surface area contributed by atoms with Crippen molar-refractivity contribution in [1.29, 1.82) is 0 Å². The second kappa shape index (κ2) is 6.98. The molecule has 0 radical (unpaired) electrons. The highest BCUT2D eigenvalue weighted by Crippen LogP contribution is 2.27. The fraction of sp³-hybridized carbons (Fsp3) is 0.462. The zero-order valence-corrected chi connectivity index (χ0v) is 11.4. The highest BCUT2D eigenvalue weighted by atomic mass is 19.1. The van der Waals surface area contributed by atoms with Gasteiger partial charge in [-0.25, -0.2) is 0 Å². The summed E-state index contributed by atoms with van der Waals surface area (Å²) in [5.74, 6) is -0.950. The van der Waals surface area contributed by atoms with E-state index in [0.717, 1.165) is 6.07 Å². The standard InChI is InChI=1S/C13H16FN3O4/c14-10-2-1-3-11(13(10)17(19)20)15-5-4-12(18)16-6-8-21-9-7-16/h1-3,15H,4-9H2. The van der Waals surface area contributed by atoms with Gasteiger partial charge in [0, 0.05) is 26.1 Å². The summed E-state index contributed by atoms with van der Waals surface area (Å²) in [6, 6.07) is 3.83. The van der Waals surface area contributed by atoms with Crippen molar-refractivity contribution in [2.75, 3.05) is 38.2 Å². The van der Waals surface area contributed by atoms with Gasteiger partial charge >= 0.3 is 5.69 Å². The van der Waals surface area contributed by atoms with Gasteiger partial charge in [-0.05, 0) is 12.1 Å². The number of amides is 1. The Kier molecular flexibility index (Phi) is 5.04. The molecule has 7 nitrogen and oxygen atoms in total. The Balaban J connectivity index is 1.90. The van der Waals surface area contributed by atoms with Crippen LogP contribution in [0.5, 0.6) is 0 Å². The van der Waals surface area contributed by atoms with Crippen molar-refractivity contribution in [1.82, 2.24) is 4.90 Å². The van der Waals surface area contributed by atoms with Gasteiger partial charge in [0.2, 0.25) is 11.7 Å². The number of rotatable bonds is 5. The quantitative estimate of drug-likeness (QED) is 0.656. The summed E-state index contributed by atoms with van der Waals surface area (Å²) < 4.78 is 18.6. The van der Waals surface area contributed by atoms with Gasteiger partial charge < -0.3 is 15.0 Å². The maximum atomic E-state index is 13.4. The van der Waals surface area contributed by atoms with Gasteiger partial charge in [-0.2, -0.15) is 4.39 Å². The number of anilines is 1. The Morgan fingerprint density at radius 2 is 2.14 bits per heavy atom. The molecule has 2 rings (SSSR count). The summed E-state index contributed by atoms with van der Waals surface area (Å²) in [4.78, 5) is 23.6. The van der Waals surface area contributed by atoms with E-state index in [4.69, 9.17) is 4.74 Å². The molecule has 1 heterocycles. The number of morpholine rings is 1. The number of ether oxygens (including phenoxy) is 1. The van der Waals surface area contributed by atoms with Crippen molar-refractivity contribution in [3.8, 4) is 0 Å². The lowest BCUT2D eigenvalue weighted by atomic mass is 10.2. The third-order valence-electron chi connectivity index (χ3n) is 3.19. The normalized spacial score (nSPS) is 14.8. The molecule has 8 heteroatoms. The predicted molar refractivity (Wildman–Crippen MR) is 73.6 cm³/mol. The molecule has 1 aliphatic rings. The largest absolute Gasteiger partial charge is 0.379 e. The van der Waals surface area contributed by atoms with Crippen molar-refractivity contribution in [3.63, 3.8) is 0 Å². The molecule has 0 unspecified atom stereocenters. The fourth-order valence-electron chi connectivity index (χ4n) is 2.12. The van der Waals surface area contributed by atoms with E-state index in [2.05, 4.69) is 5.32 Å². The van der Waals surface area contributed by atoms with Crippen LogP contribution >= 0.6 is 0 Å². The molecule has 114 valence electrons. The maximum Gasteiger partial charge on any atom is 0.327 e. The van der Waals surface area contributed by atoms with Crippen molar-refractivity contribution >= 4 is 17.3 Å². The molecule has 0 spiro atoms. The minimum atomic E-state index is -0.899. The van der Waals surface area contributed by atoms with E-state index in [1.165, 1.54) is 12.1 Å². The summed E-state index contributed by atoms with van der Waals surface area (Å²) in [6.07, 6.45) is 0.188. The van der Waals surface area contributed by atoms with Crippen LogP contribution in [0.2, 0.25) is 0 Å². The van der Waals surface area contributed by atoms with Crippen molar-refractivity contribution < 1.29 is 18.8 Å². The summed E-state index contributed by atoms with van der Waals surface area (Å²) in [5, 5.41) is 13.6. The average Bonchev–Trinajstić information content (AvgIpc) is 2.47. The lowest BCUT2D eigenvalue weighted by Crippen LogP contribution is -2.41. The number of benzene rings is 1. The summed E-state index contributed by atoms with van der Waals surface area (Å²) in [7, 11) is 0. The first-order chi connectivity index (χ1) is 10.1. The smallest absolute Gasteiger partial charge is 0.327 e. The number of para-hydroxylation sites is 1. The van der Waals surface area contributed by atoms with Gasteiger partial charge in [0.05, 0.1) is 18.1 Å². The molecule has 1 amide bonds. The first kappa shape index (κ1) is 15.2. The molecule has 1 fully saturated rings. The highest BCUT2D eigenvalue weighted by Gasteiger charge is 2.20. The minimum absolute atomic E-state index is 0.0511. The van der Waals surface area contributed by atoms with E-state index in [-0.39, 0.29) is 24.6 Å². The fourth-order valence-corrected chi connectivity index (χ4v) is 2.12. The molecule has 0 saturated carbocycles. The molecule has 1 N–H and O–H groups in total. The van der Waals surface area contributed by atoms with E-state index >= 15 is 0 Å². The molecular weight excluding hydrogens is 281 g/mol. The van der Waals surface area contributed by atoms with E-state index < -0.39 is 16.4 Å². The maximum absolute atomic E-state index is 13.4. The van der Waals surface area contributed by atoms with Crippen molar-refractivity contribution in [2.24, 2.45) is 0 Å². The van der Waals surface area contributed by atoms with Crippen LogP contribution < -0.4 is 5.32 Å². The molecule has 0 aliphatic carbocycles. The van der Waals surface area contributed by atoms with Gasteiger partial charge in [0.15, 0.2) is 0 Å². The molecule has 0 aromatic heterocycles. The van der Waals surface area contributed by atoms with Crippen LogP contribution in [0.15, 0.2) is 18.2 Å². The van der Waals surface area contributed by atoms with Crippen LogP contribution in [0, 0.1) is 15.9 Å². The number of carbonyl (C=O) groups is 1. The van der Waals surface area contributed by atoms with Gasteiger partial charge in [-0.15, -0.1) is 0 Å². The van der Waals surface area contributed by atoms with Crippen molar-refractivity contribution in [3.05, 3.63) is 34.1 Å². The monoisotopic (exact) mass is 297 g/mol. The number of nitro groups is 1. The molecule has 21 heavy (non-hydrogen) atoms. The average molecular weight is 297 g/mol. The molecule has 1 saturated heterocycles. The number of carbonyl (C=O) groups excluding carboxylic acids is 1. The summed E-state index contributed by atoms with van der Waals surface area (Å²) in [6.45, 7) is 2.36. The Morgan fingerprint density at radius 1 is 1.43 bits per heavy atom. The molecule has 1 aromatic carbocycles. The predicted octanol–water partition coefficient (Wildman–Crippen LogP) is 1.39. The summed E-state index contributed by atoms with van der Waals surface area (Å²) in [5.41, 5.74) is -0.522. The number of nitro benzene ring substituents is 1. The Hall–Kier alpha value is -2.22. The number of hydrogen-bond acceptors (Lipinski definition) is 5. The SMILES string of the molecule is O=C(CCNc1cccc(F)c1[N+](=O)[O-])N1CCOCC1. The van der Waals surface area contributed by atoms with Crippen LogP contribution in [0.4, 0.5) is 15.8 Å². The first-order valence-corrected chi connectivity index (χ1v) is 6.62. The number of nitrogens with zero attached hydrogens (tertiary/aromatic N) is 2.